The summed E-state index contributed by atoms with van der Waals surface area (Å²) >= 11 is 10.2. The third kappa shape index (κ3) is 3.12. The minimum Gasteiger partial charge on any atom is -0.229 e. The van der Waals surface area contributed by atoms with Crippen molar-refractivity contribution in [3.8, 4) is 0 Å². The zero-order valence-electron chi connectivity index (χ0n) is 6.39. The zero-order chi connectivity index (χ0) is 10.8. The number of rotatable bonds is 1. The molecule has 0 atom stereocenters. The van der Waals surface area contributed by atoms with E-state index in [1.807, 2.05) is 0 Å². The lowest BCUT2D eigenvalue weighted by Crippen LogP contribution is -2.16. The van der Waals surface area contributed by atoms with Gasteiger partial charge in [-0.3, -0.25) is 0 Å². The molecule has 0 N–H and O–H groups in total. The maximum atomic E-state index is 11.9. The van der Waals surface area contributed by atoms with Crippen LogP contribution >= 0.6 is 23.2 Å². The van der Waals surface area contributed by atoms with E-state index < -0.39 is 11.3 Å². The minimum atomic E-state index is -4.67. The van der Waals surface area contributed by atoms with Crippen molar-refractivity contribution >= 4 is 34.1 Å². The van der Waals surface area contributed by atoms with Crippen molar-refractivity contribution in [3.05, 3.63) is 17.7 Å². The minimum absolute atomic E-state index is 0.0768. The zero-order valence-corrected chi connectivity index (χ0v) is 7.90. The molecule has 0 radical (unpaired) electrons. The third-order valence-corrected chi connectivity index (χ3v) is 1.56. The number of alkyl halides is 3. The summed E-state index contributed by atoms with van der Waals surface area (Å²) in [7, 11) is 0. The summed E-state index contributed by atoms with van der Waals surface area (Å²) in [5.74, 6) is 0. The Morgan fingerprint density at radius 1 is 1.29 bits per heavy atom. The highest BCUT2D eigenvalue weighted by atomic mass is 35.5. The Morgan fingerprint density at radius 3 is 2.21 bits per heavy atom. The summed E-state index contributed by atoms with van der Waals surface area (Å²) in [4.78, 5) is 9.92. The number of halogens is 5. The molecule has 0 saturated heterocycles. The van der Waals surface area contributed by atoms with E-state index in [0.29, 0.717) is 0 Å². The van der Waals surface area contributed by atoms with E-state index >= 15 is 0 Å². The molecule has 0 bridgehead atoms. The van der Waals surface area contributed by atoms with Gasteiger partial charge in [0.15, 0.2) is 0 Å². The van der Waals surface area contributed by atoms with E-state index in [9.17, 15) is 13.2 Å². The van der Waals surface area contributed by atoms with Crippen molar-refractivity contribution in [2.75, 3.05) is 0 Å². The van der Waals surface area contributed by atoms with E-state index in [2.05, 4.69) is 15.0 Å². The molecule has 14 heavy (non-hydrogen) atoms. The second-order valence-corrected chi connectivity index (χ2v) is 2.81. The summed E-state index contributed by atoms with van der Waals surface area (Å²) in [5.41, 5.74) is -0.114. The molecule has 0 aromatic carbocycles. The number of aromatic nitrogens is 2. The standard InChI is InChI=1S/C6H2Cl2F3N3/c7-4(6(9,10)11)14-3-1-12-5(8)13-2-3/h1-2H. The Kier molecular flexibility index (Phi) is 3.28. The first-order valence-electron chi connectivity index (χ1n) is 3.18. The molecule has 1 aromatic rings. The Hall–Kier alpha value is -0.880. The monoisotopic (exact) mass is 243 g/mol. The number of aliphatic imine (C=N–C) groups is 1. The van der Waals surface area contributed by atoms with Gasteiger partial charge in [0.1, 0.15) is 5.69 Å². The molecule has 1 heterocycles. The molecule has 0 unspecified atom stereocenters. The Labute approximate surface area is 86.6 Å². The SMILES string of the molecule is FC(F)(F)C(Cl)=Nc1cnc(Cl)nc1. The Balaban J connectivity index is 2.93. The molecule has 0 amide bonds. The van der Waals surface area contributed by atoms with Gasteiger partial charge in [0.25, 0.3) is 0 Å². The van der Waals surface area contributed by atoms with Crippen LogP contribution in [0.15, 0.2) is 17.4 Å². The normalized spacial score (nSPS) is 13.1. The first kappa shape index (κ1) is 11.2. The van der Waals surface area contributed by atoms with Crippen LogP contribution in [0.25, 0.3) is 0 Å². The Bertz CT molecular complexity index is 346. The number of hydrogen-bond donors (Lipinski definition) is 0. The lowest BCUT2D eigenvalue weighted by atomic mass is 10.5. The van der Waals surface area contributed by atoms with Crippen LogP contribution < -0.4 is 0 Å². The van der Waals surface area contributed by atoms with E-state index in [1.165, 1.54) is 0 Å². The van der Waals surface area contributed by atoms with Crippen molar-refractivity contribution < 1.29 is 13.2 Å². The molecule has 3 nitrogen and oxygen atoms in total. The van der Waals surface area contributed by atoms with E-state index in [1.54, 1.807) is 0 Å². The molecule has 0 fully saturated rings. The molecule has 0 saturated carbocycles. The molecule has 8 heteroatoms. The van der Waals surface area contributed by atoms with Crippen LogP contribution in [0.2, 0.25) is 5.28 Å². The fraction of sp³-hybridized carbons (Fsp3) is 0.167. The molecule has 0 aliphatic heterocycles. The summed E-state index contributed by atoms with van der Waals surface area (Å²) < 4.78 is 35.7. The van der Waals surface area contributed by atoms with Crippen LogP contribution in [0.5, 0.6) is 0 Å². The van der Waals surface area contributed by atoms with Crippen molar-refractivity contribution in [3.63, 3.8) is 0 Å². The van der Waals surface area contributed by atoms with Gasteiger partial charge in [0.05, 0.1) is 12.4 Å². The summed E-state index contributed by atoms with van der Waals surface area (Å²) in [5, 5.41) is -1.56. The molecule has 1 aromatic heterocycles. The molecule has 0 spiro atoms. The van der Waals surface area contributed by atoms with Crippen molar-refractivity contribution in [2.45, 2.75) is 6.18 Å². The second kappa shape index (κ2) is 4.10. The number of hydrogen-bond acceptors (Lipinski definition) is 3. The van der Waals surface area contributed by atoms with Crippen LogP contribution in [-0.4, -0.2) is 21.3 Å². The van der Waals surface area contributed by atoms with Gasteiger partial charge in [-0.15, -0.1) is 0 Å². The highest BCUT2D eigenvalue weighted by molar-refractivity contribution is 6.67. The second-order valence-electron chi connectivity index (χ2n) is 2.11. The van der Waals surface area contributed by atoms with Crippen LogP contribution in [0.4, 0.5) is 18.9 Å². The highest BCUT2D eigenvalue weighted by Crippen LogP contribution is 2.23. The maximum absolute atomic E-state index is 11.9. The lowest BCUT2D eigenvalue weighted by molar-refractivity contribution is -0.0558. The van der Waals surface area contributed by atoms with E-state index in [4.69, 9.17) is 23.2 Å². The van der Waals surface area contributed by atoms with Crippen molar-refractivity contribution in [1.29, 1.82) is 0 Å². The molecule has 0 aliphatic rings. The van der Waals surface area contributed by atoms with Gasteiger partial charge in [0, 0.05) is 0 Å². The van der Waals surface area contributed by atoms with Gasteiger partial charge in [0.2, 0.25) is 10.5 Å². The largest absolute Gasteiger partial charge is 0.444 e. The van der Waals surface area contributed by atoms with Crippen LogP contribution in [0.1, 0.15) is 0 Å². The highest BCUT2D eigenvalue weighted by Gasteiger charge is 2.34. The van der Waals surface area contributed by atoms with E-state index in [-0.39, 0.29) is 11.0 Å². The van der Waals surface area contributed by atoms with Crippen LogP contribution in [0, 0.1) is 0 Å². The fourth-order valence-electron chi connectivity index (χ4n) is 0.540. The lowest BCUT2D eigenvalue weighted by Gasteiger charge is -2.02. The Morgan fingerprint density at radius 2 is 1.79 bits per heavy atom. The number of nitrogens with zero attached hydrogens (tertiary/aromatic N) is 3. The van der Waals surface area contributed by atoms with Crippen molar-refractivity contribution in [2.24, 2.45) is 4.99 Å². The molecular formula is C6H2Cl2F3N3. The predicted octanol–water partition coefficient (Wildman–Crippen LogP) is 2.96. The third-order valence-electron chi connectivity index (χ3n) is 1.07. The predicted molar refractivity (Wildman–Crippen MR) is 46.0 cm³/mol. The topological polar surface area (TPSA) is 38.1 Å². The molecule has 76 valence electrons. The van der Waals surface area contributed by atoms with Gasteiger partial charge < -0.3 is 0 Å². The van der Waals surface area contributed by atoms with Gasteiger partial charge in [-0.1, -0.05) is 11.6 Å². The quantitative estimate of drug-likeness (QED) is 0.562. The molecular weight excluding hydrogens is 242 g/mol. The molecule has 1 rings (SSSR count). The fourth-order valence-corrected chi connectivity index (χ4v) is 0.735. The van der Waals surface area contributed by atoms with Gasteiger partial charge in [-0.25, -0.2) is 15.0 Å². The summed E-state index contributed by atoms with van der Waals surface area (Å²) in [6.07, 6.45) is -2.60. The summed E-state index contributed by atoms with van der Waals surface area (Å²) in [6, 6.07) is 0. The average molecular weight is 244 g/mol. The smallest absolute Gasteiger partial charge is 0.229 e. The molecule has 0 aliphatic carbocycles. The average Bonchev–Trinajstić information content (AvgIpc) is 2.07. The van der Waals surface area contributed by atoms with Crippen LogP contribution in [-0.2, 0) is 0 Å². The van der Waals surface area contributed by atoms with Crippen molar-refractivity contribution in [1.82, 2.24) is 9.97 Å². The van der Waals surface area contributed by atoms with Gasteiger partial charge in [-0.2, -0.15) is 13.2 Å². The van der Waals surface area contributed by atoms with Gasteiger partial charge in [-0.05, 0) is 11.6 Å². The maximum Gasteiger partial charge on any atom is 0.444 e. The first-order valence-corrected chi connectivity index (χ1v) is 3.94. The van der Waals surface area contributed by atoms with Crippen LogP contribution in [0.3, 0.4) is 0 Å². The summed E-state index contributed by atoms with van der Waals surface area (Å²) in [6.45, 7) is 0. The van der Waals surface area contributed by atoms with E-state index in [0.717, 1.165) is 12.4 Å². The first-order chi connectivity index (χ1) is 6.39. The van der Waals surface area contributed by atoms with Gasteiger partial charge >= 0.3 is 6.18 Å².